The first kappa shape index (κ1) is 13.9. The first-order chi connectivity index (χ1) is 9.70. The molecule has 2 rings (SSSR count). The number of carboxylic acid groups (broad SMARTS) is 1. The Morgan fingerprint density at radius 1 is 1.45 bits per heavy atom. The van der Waals surface area contributed by atoms with Crippen LogP contribution in [0.1, 0.15) is 6.42 Å². The molecular formula is C12H15N5O3. The number of aliphatic carboxylic acids is 1. The Bertz CT molecular complexity index is 557. The van der Waals surface area contributed by atoms with Gasteiger partial charge in [0.25, 0.3) is 0 Å². The van der Waals surface area contributed by atoms with Crippen molar-refractivity contribution in [1.29, 1.82) is 0 Å². The molecule has 0 spiro atoms. The standard InChI is InChI=1S/C12H15N5O3/c1-20-10(7-11(18)19)8-13-12-14-15-16-17(12)9-5-3-2-4-6-9/h2-6,10H,7-8H2,1H3,(H,18,19)(H,13,14,16). The van der Waals surface area contributed by atoms with Gasteiger partial charge in [-0.3, -0.25) is 4.79 Å². The normalized spacial score (nSPS) is 12.1. The Hall–Kier alpha value is -2.48. The molecule has 1 unspecified atom stereocenters. The number of aromatic nitrogens is 4. The van der Waals surface area contributed by atoms with Crippen LogP contribution >= 0.6 is 0 Å². The Labute approximate surface area is 115 Å². The quantitative estimate of drug-likeness (QED) is 0.762. The van der Waals surface area contributed by atoms with E-state index in [1.165, 1.54) is 11.8 Å². The number of hydrogen-bond donors (Lipinski definition) is 2. The van der Waals surface area contributed by atoms with Gasteiger partial charge in [-0.25, -0.2) is 0 Å². The Kier molecular flexibility index (Phi) is 4.61. The summed E-state index contributed by atoms with van der Waals surface area (Å²) in [4.78, 5) is 10.7. The summed E-state index contributed by atoms with van der Waals surface area (Å²) in [5.74, 6) is -0.482. The van der Waals surface area contributed by atoms with Gasteiger partial charge in [-0.1, -0.05) is 23.3 Å². The zero-order valence-corrected chi connectivity index (χ0v) is 10.9. The number of rotatable bonds is 7. The van der Waals surface area contributed by atoms with Crippen molar-refractivity contribution < 1.29 is 14.6 Å². The molecule has 2 N–H and O–H groups in total. The summed E-state index contributed by atoms with van der Waals surface area (Å²) >= 11 is 0. The molecule has 0 fully saturated rings. The second kappa shape index (κ2) is 6.62. The maximum absolute atomic E-state index is 10.7. The van der Waals surface area contributed by atoms with E-state index in [4.69, 9.17) is 9.84 Å². The van der Waals surface area contributed by atoms with Crippen molar-refractivity contribution in [1.82, 2.24) is 20.2 Å². The fourth-order valence-corrected chi connectivity index (χ4v) is 1.68. The molecule has 1 heterocycles. The fourth-order valence-electron chi connectivity index (χ4n) is 1.68. The second-order valence-electron chi connectivity index (χ2n) is 4.09. The summed E-state index contributed by atoms with van der Waals surface area (Å²) < 4.78 is 6.62. The summed E-state index contributed by atoms with van der Waals surface area (Å²) in [5.41, 5.74) is 0.812. The van der Waals surface area contributed by atoms with Crippen LogP contribution in [0.4, 0.5) is 5.95 Å². The number of benzene rings is 1. The lowest BCUT2D eigenvalue weighted by molar-refractivity contribution is -0.139. The summed E-state index contributed by atoms with van der Waals surface area (Å²) in [6.45, 7) is 0.302. The predicted molar refractivity (Wildman–Crippen MR) is 70.7 cm³/mol. The molecule has 2 aromatic rings. The van der Waals surface area contributed by atoms with Gasteiger partial charge in [-0.2, -0.15) is 4.68 Å². The SMILES string of the molecule is COC(CNc1nnnn1-c1ccccc1)CC(=O)O. The molecule has 106 valence electrons. The predicted octanol–water partition coefficient (Wildman–Crippen LogP) is 0.564. The van der Waals surface area contributed by atoms with Gasteiger partial charge in [0.2, 0.25) is 5.95 Å². The highest BCUT2D eigenvalue weighted by molar-refractivity contribution is 5.67. The van der Waals surface area contributed by atoms with Gasteiger partial charge < -0.3 is 15.2 Å². The van der Waals surface area contributed by atoms with Crippen molar-refractivity contribution in [3.63, 3.8) is 0 Å². The van der Waals surface area contributed by atoms with E-state index < -0.39 is 12.1 Å². The van der Waals surface area contributed by atoms with E-state index in [0.29, 0.717) is 12.5 Å². The van der Waals surface area contributed by atoms with E-state index in [0.717, 1.165) is 5.69 Å². The lowest BCUT2D eigenvalue weighted by Gasteiger charge is -2.14. The number of hydrogen-bond acceptors (Lipinski definition) is 6. The lowest BCUT2D eigenvalue weighted by Crippen LogP contribution is -2.26. The molecule has 0 saturated carbocycles. The molecule has 8 nitrogen and oxygen atoms in total. The maximum Gasteiger partial charge on any atom is 0.306 e. The summed E-state index contributed by atoms with van der Waals surface area (Å²) in [6, 6.07) is 9.39. The molecule has 0 amide bonds. The van der Waals surface area contributed by atoms with Crippen LogP contribution in [0.5, 0.6) is 0 Å². The van der Waals surface area contributed by atoms with E-state index >= 15 is 0 Å². The van der Waals surface area contributed by atoms with Gasteiger partial charge >= 0.3 is 5.97 Å². The average molecular weight is 277 g/mol. The fraction of sp³-hybridized carbons (Fsp3) is 0.333. The van der Waals surface area contributed by atoms with Crippen molar-refractivity contribution in [3.8, 4) is 5.69 Å². The summed E-state index contributed by atoms with van der Waals surface area (Å²) in [7, 11) is 1.47. The first-order valence-corrected chi connectivity index (χ1v) is 6.03. The lowest BCUT2D eigenvalue weighted by atomic mass is 10.2. The van der Waals surface area contributed by atoms with Crippen LogP contribution in [0, 0.1) is 0 Å². The second-order valence-corrected chi connectivity index (χ2v) is 4.09. The van der Waals surface area contributed by atoms with Gasteiger partial charge in [0, 0.05) is 13.7 Å². The Morgan fingerprint density at radius 3 is 2.85 bits per heavy atom. The molecule has 0 aliphatic heterocycles. The number of anilines is 1. The van der Waals surface area contributed by atoms with Crippen LogP contribution in [-0.2, 0) is 9.53 Å². The van der Waals surface area contributed by atoms with Crippen molar-refractivity contribution in [2.24, 2.45) is 0 Å². The minimum absolute atomic E-state index is 0.0869. The number of carbonyl (C=O) groups is 1. The van der Waals surface area contributed by atoms with E-state index in [9.17, 15) is 4.79 Å². The molecule has 1 aromatic carbocycles. The van der Waals surface area contributed by atoms with Gasteiger partial charge in [0.1, 0.15) is 0 Å². The Morgan fingerprint density at radius 2 is 2.20 bits per heavy atom. The third-order valence-corrected chi connectivity index (χ3v) is 2.69. The molecule has 0 saturated heterocycles. The molecule has 8 heteroatoms. The molecular weight excluding hydrogens is 262 g/mol. The van der Waals surface area contributed by atoms with Crippen LogP contribution in [0.3, 0.4) is 0 Å². The molecule has 0 bridgehead atoms. The minimum atomic E-state index is -0.915. The van der Waals surface area contributed by atoms with E-state index in [-0.39, 0.29) is 6.42 Å². The summed E-state index contributed by atoms with van der Waals surface area (Å²) in [6.07, 6.45) is -0.537. The smallest absolute Gasteiger partial charge is 0.306 e. The highest BCUT2D eigenvalue weighted by Gasteiger charge is 2.14. The van der Waals surface area contributed by atoms with Crippen LogP contribution in [-0.4, -0.2) is 51.0 Å². The minimum Gasteiger partial charge on any atom is -0.481 e. The van der Waals surface area contributed by atoms with E-state index in [1.54, 1.807) is 0 Å². The van der Waals surface area contributed by atoms with Gasteiger partial charge in [-0.05, 0) is 22.6 Å². The van der Waals surface area contributed by atoms with Gasteiger partial charge in [0.15, 0.2) is 0 Å². The number of methoxy groups -OCH3 is 1. The van der Waals surface area contributed by atoms with Crippen molar-refractivity contribution >= 4 is 11.9 Å². The van der Waals surface area contributed by atoms with Crippen molar-refractivity contribution in [2.45, 2.75) is 12.5 Å². The molecule has 20 heavy (non-hydrogen) atoms. The monoisotopic (exact) mass is 277 g/mol. The number of nitrogens with zero attached hydrogens (tertiary/aromatic N) is 4. The van der Waals surface area contributed by atoms with Crippen molar-refractivity contribution in [3.05, 3.63) is 30.3 Å². The topological polar surface area (TPSA) is 102 Å². The number of ether oxygens (including phenoxy) is 1. The Balaban J connectivity index is 2.04. The number of nitrogens with one attached hydrogen (secondary N) is 1. The average Bonchev–Trinajstić information content (AvgIpc) is 2.92. The highest BCUT2D eigenvalue weighted by atomic mass is 16.5. The van der Waals surface area contributed by atoms with Crippen LogP contribution in [0.25, 0.3) is 5.69 Å². The van der Waals surface area contributed by atoms with Crippen LogP contribution < -0.4 is 5.32 Å². The molecule has 1 atom stereocenters. The largest absolute Gasteiger partial charge is 0.481 e. The van der Waals surface area contributed by atoms with E-state index in [2.05, 4.69) is 20.8 Å². The van der Waals surface area contributed by atoms with Gasteiger partial charge in [0.05, 0.1) is 18.2 Å². The third kappa shape index (κ3) is 3.51. The summed E-state index contributed by atoms with van der Waals surface area (Å²) in [5, 5.41) is 23.1. The zero-order chi connectivity index (χ0) is 14.4. The molecule has 0 radical (unpaired) electrons. The van der Waals surface area contributed by atoms with Crippen LogP contribution in [0.2, 0.25) is 0 Å². The zero-order valence-electron chi connectivity index (χ0n) is 10.9. The van der Waals surface area contributed by atoms with E-state index in [1.807, 2.05) is 30.3 Å². The first-order valence-electron chi connectivity index (χ1n) is 6.03. The number of carboxylic acids is 1. The van der Waals surface area contributed by atoms with Crippen LogP contribution in [0.15, 0.2) is 30.3 Å². The van der Waals surface area contributed by atoms with Gasteiger partial charge in [-0.15, -0.1) is 0 Å². The highest BCUT2D eigenvalue weighted by Crippen LogP contribution is 2.11. The number of para-hydroxylation sites is 1. The molecule has 0 aliphatic rings. The van der Waals surface area contributed by atoms with Crippen molar-refractivity contribution in [2.75, 3.05) is 19.0 Å². The number of tetrazole rings is 1. The molecule has 1 aromatic heterocycles. The maximum atomic E-state index is 10.7. The molecule has 0 aliphatic carbocycles. The third-order valence-electron chi connectivity index (χ3n) is 2.69.